The molecule has 0 aromatic heterocycles. The fourth-order valence-electron chi connectivity index (χ4n) is 2.00. The standard InChI is InChI=1S/C16H16N2O2S/c17-11-12-21(19,20)18(13-15-7-3-1-4-8-15)14-16-9-5-2-6-10-16/h1-10H,12-14H2. The van der Waals surface area contributed by atoms with E-state index in [0.29, 0.717) is 0 Å². The highest BCUT2D eigenvalue weighted by molar-refractivity contribution is 7.89. The van der Waals surface area contributed by atoms with Gasteiger partial charge in [0.25, 0.3) is 0 Å². The maximum absolute atomic E-state index is 12.2. The van der Waals surface area contributed by atoms with Crippen LogP contribution in [0.4, 0.5) is 0 Å². The second-order valence-electron chi connectivity index (χ2n) is 4.65. The summed E-state index contributed by atoms with van der Waals surface area (Å²) in [6.07, 6.45) is 0. The molecule has 0 aliphatic rings. The number of nitrogens with zero attached hydrogens (tertiary/aromatic N) is 2. The minimum Gasteiger partial charge on any atom is -0.211 e. The van der Waals surface area contributed by atoms with Gasteiger partial charge in [-0.15, -0.1) is 0 Å². The third kappa shape index (κ3) is 4.42. The number of rotatable bonds is 6. The van der Waals surface area contributed by atoms with Crippen molar-refractivity contribution in [3.63, 3.8) is 0 Å². The van der Waals surface area contributed by atoms with Crippen LogP contribution in [0.15, 0.2) is 60.7 Å². The van der Waals surface area contributed by atoms with E-state index in [4.69, 9.17) is 5.26 Å². The van der Waals surface area contributed by atoms with Gasteiger partial charge in [-0.3, -0.25) is 0 Å². The molecule has 0 atom stereocenters. The predicted molar refractivity (Wildman–Crippen MR) is 81.5 cm³/mol. The molecule has 0 heterocycles. The minimum absolute atomic E-state index is 0.264. The Morgan fingerprint density at radius 3 is 1.67 bits per heavy atom. The highest BCUT2D eigenvalue weighted by atomic mass is 32.2. The Kier molecular flexibility index (Phi) is 5.09. The topological polar surface area (TPSA) is 61.2 Å². The SMILES string of the molecule is N#CCS(=O)(=O)N(Cc1ccccc1)Cc1ccccc1. The lowest BCUT2D eigenvalue weighted by molar-refractivity contribution is 0.403. The maximum atomic E-state index is 12.2. The molecule has 2 aromatic carbocycles. The van der Waals surface area contributed by atoms with Gasteiger partial charge in [0.15, 0.2) is 5.75 Å². The molecule has 0 unspecified atom stereocenters. The van der Waals surface area contributed by atoms with Crippen LogP contribution < -0.4 is 0 Å². The van der Waals surface area contributed by atoms with Crippen molar-refractivity contribution in [2.24, 2.45) is 0 Å². The fraction of sp³-hybridized carbons (Fsp3) is 0.188. The van der Waals surface area contributed by atoms with E-state index in [0.717, 1.165) is 11.1 Å². The fourth-order valence-corrected chi connectivity index (χ4v) is 3.04. The highest BCUT2D eigenvalue weighted by Gasteiger charge is 2.22. The molecule has 4 nitrogen and oxygen atoms in total. The first-order chi connectivity index (χ1) is 10.1. The molecule has 21 heavy (non-hydrogen) atoms. The van der Waals surface area contributed by atoms with Gasteiger partial charge in [-0.25, -0.2) is 8.42 Å². The zero-order chi connectivity index (χ0) is 15.1. The van der Waals surface area contributed by atoms with Gasteiger partial charge >= 0.3 is 0 Å². The number of hydrogen-bond donors (Lipinski definition) is 0. The first kappa shape index (κ1) is 15.2. The number of nitriles is 1. The monoisotopic (exact) mass is 300 g/mol. The molecular weight excluding hydrogens is 284 g/mol. The smallest absolute Gasteiger partial charge is 0.211 e. The summed E-state index contributed by atoms with van der Waals surface area (Å²) in [5.74, 6) is -0.507. The van der Waals surface area contributed by atoms with Crippen molar-refractivity contribution < 1.29 is 8.42 Å². The Balaban J connectivity index is 2.25. The van der Waals surface area contributed by atoms with Crippen LogP contribution in [0, 0.1) is 11.3 Å². The molecule has 0 aliphatic heterocycles. The van der Waals surface area contributed by atoms with Gasteiger partial charge in [-0.05, 0) is 11.1 Å². The van der Waals surface area contributed by atoms with Crippen LogP contribution in [0.25, 0.3) is 0 Å². The normalized spacial score (nSPS) is 11.2. The third-order valence-electron chi connectivity index (χ3n) is 3.04. The maximum Gasteiger partial charge on any atom is 0.228 e. The Labute approximate surface area is 125 Å². The quantitative estimate of drug-likeness (QED) is 0.823. The summed E-state index contributed by atoms with van der Waals surface area (Å²) in [5, 5.41) is 8.73. The zero-order valence-corrected chi connectivity index (χ0v) is 12.3. The Morgan fingerprint density at radius 2 is 1.29 bits per heavy atom. The van der Waals surface area contributed by atoms with Gasteiger partial charge in [0.2, 0.25) is 10.0 Å². The van der Waals surface area contributed by atoms with E-state index in [-0.39, 0.29) is 13.1 Å². The van der Waals surface area contributed by atoms with Crippen LogP contribution in [0.3, 0.4) is 0 Å². The van der Waals surface area contributed by atoms with Crippen molar-refractivity contribution in [1.29, 1.82) is 5.26 Å². The van der Waals surface area contributed by atoms with Gasteiger partial charge in [0, 0.05) is 13.1 Å². The average Bonchev–Trinajstić information content (AvgIpc) is 2.49. The second-order valence-corrected chi connectivity index (χ2v) is 6.62. The van der Waals surface area contributed by atoms with Gasteiger partial charge < -0.3 is 0 Å². The van der Waals surface area contributed by atoms with Crippen LogP contribution in [-0.2, 0) is 23.1 Å². The summed E-state index contributed by atoms with van der Waals surface area (Å²) >= 11 is 0. The highest BCUT2D eigenvalue weighted by Crippen LogP contribution is 2.14. The van der Waals surface area contributed by atoms with Crippen LogP contribution in [0.2, 0.25) is 0 Å². The molecule has 2 rings (SSSR count). The van der Waals surface area contributed by atoms with Gasteiger partial charge in [0.1, 0.15) is 0 Å². The Morgan fingerprint density at radius 1 is 0.857 bits per heavy atom. The van der Waals surface area contributed by atoms with Crippen molar-refractivity contribution in [1.82, 2.24) is 4.31 Å². The molecule has 0 amide bonds. The first-order valence-corrected chi connectivity index (χ1v) is 8.15. The molecule has 0 bridgehead atoms. The first-order valence-electron chi connectivity index (χ1n) is 6.54. The second kappa shape index (κ2) is 7.02. The molecule has 0 radical (unpaired) electrons. The van der Waals surface area contributed by atoms with E-state index in [1.54, 1.807) is 6.07 Å². The molecule has 2 aromatic rings. The van der Waals surface area contributed by atoms with Crippen LogP contribution in [0.5, 0.6) is 0 Å². The molecular formula is C16H16N2O2S. The Hall–Kier alpha value is -2.16. The molecule has 0 saturated heterocycles. The van der Waals surface area contributed by atoms with Crippen LogP contribution >= 0.6 is 0 Å². The van der Waals surface area contributed by atoms with E-state index < -0.39 is 15.8 Å². The zero-order valence-electron chi connectivity index (χ0n) is 11.5. The van der Waals surface area contributed by atoms with Crippen molar-refractivity contribution in [3.8, 4) is 6.07 Å². The van der Waals surface area contributed by atoms with E-state index in [1.165, 1.54) is 4.31 Å². The largest absolute Gasteiger partial charge is 0.228 e. The van der Waals surface area contributed by atoms with Gasteiger partial charge in [-0.2, -0.15) is 9.57 Å². The molecule has 5 heteroatoms. The van der Waals surface area contributed by atoms with Crippen LogP contribution in [-0.4, -0.2) is 18.5 Å². The van der Waals surface area contributed by atoms with Gasteiger partial charge in [-0.1, -0.05) is 60.7 Å². The van der Waals surface area contributed by atoms with E-state index in [1.807, 2.05) is 60.7 Å². The van der Waals surface area contributed by atoms with Crippen molar-refractivity contribution in [2.45, 2.75) is 13.1 Å². The summed E-state index contributed by atoms with van der Waals surface area (Å²) in [6, 6.07) is 20.5. The molecule has 0 fully saturated rings. The van der Waals surface area contributed by atoms with E-state index >= 15 is 0 Å². The van der Waals surface area contributed by atoms with Crippen LogP contribution in [0.1, 0.15) is 11.1 Å². The molecule has 0 N–H and O–H groups in total. The number of hydrogen-bond acceptors (Lipinski definition) is 3. The van der Waals surface area contributed by atoms with Gasteiger partial charge in [0.05, 0.1) is 6.07 Å². The predicted octanol–water partition coefficient (Wildman–Crippen LogP) is 2.54. The van der Waals surface area contributed by atoms with Crippen molar-refractivity contribution in [3.05, 3.63) is 71.8 Å². The molecule has 108 valence electrons. The number of benzene rings is 2. The van der Waals surface area contributed by atoms with Crippen molar-refractivity contribution >= 4 is 10.0 Å². The third-order valence-corrected chi connectivity index (χ3v) is 4.58. The minimum atomic E-state index is -3.60. The Bertz CT molecular complexity index is 665. The summed E-state index contributed by atoms with van der Waals surface area (Å²) in [6.45, 7) is 0.527. The average molecular weight is 300 g/mol. The van der Waals surface area contributed by atoms with Crippen molar-refractivity contribution in [2.75, 3.05) is 5.75 Å². The number of sulfonamides is 1. The molecule has 0 aliphatic carbocycles. The summed E-state index contributed by atoms with van der Waals surface area (Å²) in [5.41, 5.74) is 1.80. The lowest BCUT2D eigenvalue weighted by Crippen LogP contribution is -2.31. The molecule has 0 spiro atoms. The molecule has 0 saturated carbocycles. The summed E-state index contributed by atoms with van der Waals surface area (Å²) in [4.78, 5) is 0. The lowest BCUT2D eigenvalue weighted by Gasteiger charge is -2.21. The summed E-state index contributed by atoms with van der Waals surface area (Å²) in [7, 11) is -3.60. The lowest BCUT2D eigenvalue weighted by atomic mass is 10.2. The van der Waals surface area contributed by atoms with E-state index in [2.05, 4.69) is 0 Å². The summed E-state index contributed by atoms with van der Waals surface area (Å²) < 4.78 is 25.8. The van der Waals surface area contributed by atoms with E-state index in [9.17, 15) is 8.42 Å².